The Kier molecular flexibility index (Phi) is 8.94. The normalized spacial score (nSPS) is 17.4. The third-order valence-corrected chi connectivity index (χ3v) is 6.37. The molecular weight excluding hydrogens is 409 g/mol. The van der Waals surface area contributed by atoms with Crippen LogP contribution in [-0.2, 0) is 14.8 Å². The van der Waals surface area contributed by atoms with Gasteiger partial charge >= 0.3 is 0 Å². The molecule has 1 heterocycles. The van der Waals surface area contributed by atoms with Gasteiger partial charge in [0.15, 0.2) is 0 Å². The van der Waals surface area contributed by atoms with E-state index >= 15 is 0 Å². The summed E-state index contributed by atoms with van der Waals surface area (Å²) in [6.07, 6.45) is 1.07. The molecule has 10 heteroatoms. The second-order valence-corrected chi connectivity index (χ2v) is 8.27. The summed E-state index contributed by atoms with van der Waals surface area (Å²) in [5.41, 5.74) is 0. The number of halogens is 3. The molecule has 0 radical (unpaired) electrons. The van der Waals surface area contributed by atoms with Crippen LogP contribution in [-0.4, -0.2) is 52.5 Å². The molecule has 0 aromatic heterocycles. The van der Waals surface area contributed by atoms with Gasteiger partial charge in [-0.15, -0.1) is 12.4 Å². The summed E-state index contributed by atoms with van der Waals surface area (Å²) in [4.78, 5) is 13.8. The standard InChI is InChI=1S/C15H21Cl2N3O3S.ClH/c1-18-9-11-6-8-20(10-11)14(21)5-7-19-24(22,23)15-12(16)3-2-4-13(15)17;/h2-4,11,18-19H,5-10H2,1H3;1H. The lowest BCUT2D eigenvalue weighted by molar-refractivity contribution is -0.130. The molecule has 0 saturated carbocycles. The number of hydrogen-bond acceptors (Lipinski definition) is 4. The molecule has 0 aliphatic carbocycles. The van der Waals surface area contributed by atoms with Gasteiger partial charge < -0.3 is 10.2 Å². The van der Waals surface area contributed by atoms with Crippen LogP contribution in [0.15, 0.2) is 23.1 Å². The quantitative estimate of drug-likeness (QED) is 0.695. The van der Waals surface area contributed by atoms with Crippen LogP contribution in [0.4, 0.5) is 0 Å². The summed E-state index contributed by atoms with van der Waals surface area (Å²) in [7, 11) is -1.97. The smallest absolute Gasteiger partial charge is 0.243 e. The Morgan fingerprint density at radius 2 is 1.96 bits per heavy atom. The van der Waals surface area contributed by atoms with Gasteiger partial charge in [-0.05, 0) is 38.1 Å². The van der Waals surface area contributed by atoms with Crippen LogP contribution in [0, 0.1) is 5.92 Å². The molecule has 1 aromatic rings. The molecule has 142 valence electrons. The fourth-order valence-electron chi connectivity index (χ4n) is 2.78. The molecule has 1 unspecified atom stereocenters. The van der Waals surface area contributed by atoms with Gasteiger partial charge in [-0.25, -0.2) is 13.1 Å². The van der Waals surface area contributed by atoms with Crippen molar-refractivity contribution in [3.05, 3.63) is 28.2 Å². The highest BCUT2D eigenvalue weighted by Crippen LogP contribution is 2.28. The number of amides is 1. The zero-order valence-electron chi connectivity index (χ0n) is 13.8. The highest BCUT2D eigenvalue weighted by atomic mass is 35.5. The van der Waals surface area contributed by atoms with E-state index in [0.29, 0.717) is 19.0 Å². The second kappa shape index (κ2) is 9.94. The van der Waals surface area contributed by atoms with Crippen molar-refractivity contribution in [1.82, 2.24) is 14.9 Å². The summed E-state index contributed by atoms with van der Waals surface area (Å²) >= 11 is 11.8. The van der Waals surface area contributed by atoms with E-state index in [1.54, 1.807) is 11.0 Å². The number of carbonyl (C=O) groups is 1. The largest absolute Gasteiger partial charge is 0.342 e. The minimum Gasteiger partial charge on any atom is -0.342 e. The van der Waals surface area contributed by atoms with E-state index in [0.717, 1.165) is 13.0 Å². The molecule has 1 atom stereocenters. The number of carbonyl (C=O) groups excluding carboxylic acids is 1. The lowest BCUT2D eigenvalue weighted by Crippen LogP contribution is -2.34. The van der Waals surface area contributed by atoms with E-state index in [1.807, 2.05) is 7.05 Å². The van der Waals surface area contributed by atoms with Gasteiger partial charge in [0, 0.05) is 26.1 Å². The van der Waals surface area contributed by atoms with Crippen molar-refractivity contribution in [1.29, 1.82) is 0 Å². The van der Waals surface area contributed by atoms with Gasteiger partial charge in [0.2, 0.25) is 15.9 Å². The number of rotatable bonds is 7. The molecule has 1 aliphatic heterocycles. The van der Waals surface area contributed by atoms with Crippen LogP contribution in [0.3, 0.4) is 0 Å². The molecule has 1 aliphatic rings. The average molecular weight is 431 g/mol. The van der Waals surface area contributed by atoms with Crippen molar-refractivity contribution < 1.29 is 13.2 Å². The Morgan fingerprint density at radius 3 is 2.56 bits per heavy atom. The number of hydrogen-bond donors (Lipinski definition) is 2. The predicted molar refractivity (Wildman–Crippen MR) is 102 cm³/mol. The Hall–Kier alpha value is -0.570. The molecule has 0 bridgehead atoms. The lowest BCUT2D eigenvalue weighted by atomic mass is 10.1. The van der Waals surface area contributed by atoms with E-state index in [2.05, 4.69) is 10.0 Å². The SMILES string of the molecule is CNCC1CCN(C(=O)CCNS(=O)(=O)c2c(Cl)cccc2Cl)C1.Cl. The van der Waals surface area contributed by atoms with E-state index in [9.17, 15) is 13.2 Å². The van der Waals surface area contributed by atoms with Gasteiger partial charge in [0.25, 0.3) is 0 Å². The minimum absolute atomic E-state index is 0. The van der Waals surface area contributed by atoms with E-state index in [-0.39, 0.29) is 46.2 Å². The third kappa shape index (κ3) is 5.98. The van der Waals surface area contributed by atoms with Crippen LogP contribution in [0.5, 0.6) is 0 Å². The van der Waals surface area contributed by atoms with Crippen molar-refractivity contribution in [3.8, 4) is 0 Å². The molecule has 2 rings (SSSR count). The second-order valence-electron chi connectivity index (χ2n) is 5.75. The van der Waals surface area contributed by atoms with E-state index in [4.69, 9.17) is 23.2 Å². The van der Waals surface area contributed by atoms with Gasteiger partial charge in [-0.1, -0.05) is 29.3 Å². The van der Waals surface area contributed by atoms with Crippen LogP contribution in [0.1, 0.15) is 12.8 Å². The molecule has 1 saturated heterocycles. The van der Waals surface area contributed by atoms with Crippen molar-refractivity contribution in [2.75, 3.05) is 33.2 Å². The number of sulfonamides is 1. The number of benzene rings is 1. The first-order chi connectivity index (χ1) is 11.3. The van der Waals surface area contributed by atoms with Crippen LogP contribution >= 0.6 is 35.6 Å². The highest BCUT2D eigenvalue weighted by molar-refractivity contribution is 7.89. The predicted octanol–water partition coefficient (Wildman–Crippen LogP) is 2.15. The number of nitrogens with one attached hydrogen (secondary N) is 2. The molecule has 1 amide bonds. The third-order valence-electron chi connectivity index (χ3n) is 3.95. The molecule has 1 fully saturated rings. The summed E-state index contributed by atoms with van der Waals surface area (Å²) in [6.45, 7) is 2.31. The zero-order valence-corrected chi connectivity index (χ0v) is 16.9. The van der Waals surface area contributed by atoms with E-state index < -0.39 is 10.0 Å². The van der Waals surface area contributed by atoms with Crippen LogP contribution < -0.4 is 10.0 Å². The number of nitrogens with zero attached hydrogens (tertiary/aromatic N) is 1. The van der Waals surface area contributed by atoms with Gasteiger partial charge in [0.05, 0.1) is 10.0 Å². The Labute approximate surface area is 164 Å². The van der Waals surface area contributed by atoms with Gasteiger partial charge in [-0.2, -0.15) is 0 Å². The zero-order chi connectivity index (χ0) is 17.7. The van der Waals surface area contributed by atoms with Crippen LogP contribution in [0.25, 0.3) is 0 Å². The maximum atomic E-state index is 12.3. The fraction of sp³-hybridized carbons (Fsp3) is 0.533. The van der Waals surface area contributed by atoms with Gasteiger partial charge in [-0.3, -0.25) is 4.79 Å². The van der Waals surface area contributed by atoms with Crippen molar-refractivity contribution >= 4 is 51.5 Å². The minimum atomic E-state index is -3.85. The van der Waals surface area contributed by atoms with Crippen molar-refractivity contribution in [2.24, 2.45) is 5.92 Å². The Bertz CT molecular complexity index is 680. The van der Waals surface area contributed by atoms with E-state index in [1.165, 1.54) is 12.1 Å². The lowest BCUT2D eigenvalue weighted by Gasteiger charge is -2.17. The molecule has 0 spiro atoms. The van der Waals surface area contributed by atoms with Crippen molar-refractivity contribution in [3.63, 3.8) is 0 Å². The maximum Gasteiger partial charge on any atom is 0.243 e. The first-order valence-corrected chi connectivity index (χ1v) is 9.95. The Balaban J connectivity index is 0.00000312. The topological polar surface area (TPSA) is 78.5 Å². The summed E-state index contributed by atoms with van der Waals surface area (Å²) in [5.74, 6) is 0.402. The monoisotopic (exact) mass is 429 g/mol. The van der Waals surface area contributed by atoms with Gasteiger partial charge in [0.1, 0.15) is 4.90 Å². The van der Waals surface area contributed by atoms with Crippen molar-refractivity contribution in [2.45, 2.75) is 17.7 Å². The maximum absolute atomic E-state index is 12.3. The Morgan fingerprint density at radius 1 is 1.32 bits per heavy atom. The molecule has 1 aromatic carbocycles. The number of likely N-dealkylation sites (tertiary alicyclic amines) is 1. The first kappa shape index (κ1) is 22.5. The van der Waals surface area contributed by atoms with Crippen LogP contribution in [0.2, 0.25) is 10.0 Å². The molecule has 25 heavy (non-hydrogen) atoms. The summed E-state index contributed by atoms with van der Waals surface area (Å²) < 4.78 is 27.0. The molecular formula is C15H22Cl3N3O3S. The summed E-state index contributed by atoms with van der Waals surface area (Å²) in [5, 5.41) is 3.21. The molecule has 6 nitrogen and oxygen atoms in total. The molecule has 2 N–H and O–H groups in total. The average Bonchev–Trinajstić information content (AvgIpc) is 2.95. The first-order valence-electron chi connectivity index (χ1n) is 7.71. The highest BCUT2D eigenvalue weighted by Gasteiger charge is 2.26. The summed E-state index contributed by atoms with van der Waals surface area (Å²) in [6, 6.07) is 4.49. The fourth-order valence-corrected chi connectivity index (χ4v) is 4.95.